The number of nitrogens with one attached hydrogen (secondary N) is 2. The number of carbonyl (C=O) groups excluding carboxylic acids is 1. The van der Waals surface area contributed by atoms with E-state index >= 15 is 0 Å². The maximum atomic E-state index is 11.5. The van der Waals surface area contributed by atoms with Crippen molar-refractivity contribution in [3.05, 3.63) is 24.3 Å². The monoisotopic (exact) mass is 278 g/mol. The van der Waals surface area contributed by atoms with Crippen molar-refractivity contribution in [2.45, 2.75) is 13.1 Å². The number of aliphatic carboxylic acids is 1. The van der Waals surface area contributed by atoms with E-state index < -0.39 is 12.0 Å². The minimum atomic E-state index is -1.03. The number of carboxylic acids is 1. The highest BCUT2D eigenvalue weighted by atomic mass is 16.4. The second-order valence-electron chi connectivity index (χ2n) is 3.58. The first kappa shape index (κ1) is 13.3. The normalized spacial score (nSPS) is 10.0. The smallest absolute Gasteiger partial charge is 0.325 e. The lowest BCUT2D eigenvalue weighted by Crippen LogP contribution is -2.29. The summed E-state index contributed by atoms with van der Waals surface area (Å²) in [7, 11) is 0. The van der Waals surface area contributed by atoms with Crippen LogP contribution < -0.4 is 10.6 Å². The topological polar surface area (TPSA) is 148 Å². The zero-order valence-electron chi connectivity index (χ0n) is 10.1. The van der Waals surface area contributed by atoms with Crippen LogP contribution in [0, 0.1) is 0 Å². The number of carboxylic acid groups (broad SMARTS) is 1. The lowest BCUT2D eigenvalue weighted by atomic mass is 10.5. The fourth-order valence-electron chi connectivity index (χ4n) is 1.26. The first-order valence-electron chi connectivity index (χ1n) is 5.43. The summed E-state index contributed by atoms with van der Waals surface area (Å²) in [6, 6.07) is -0.536. The molecule has 0 bridgehead atoms. The first-order chi connectivity index (χ1) is 9.63. The number of hydrogen-bond acceptors (Lipinski definition) is 7. The molecule has 11 nitrogen and oxygen atoms in total. The first-order valence-corrected chi connectivity index (χ1v) is 5.43. The van der Waals surface area contributed by atoms with Gasteiger partial charge >= 0.3 is 12.0 Å². The number of amides is 2. The molecule has 2 aromatic heterocycles. The summed E-state index contributed by atoms with van der Waals surface area (Å²) in [5, 5.41) is 27.9. The van der Waals surface area contributed by atoms with Crippen LogP contribution in [0.4, 0.5) is 10.7 Å². The van der Waals surface area contributed by atoms with E-state index in [2.05, 4.69) is 36.1 Å². The number of urea groups is 1. The molecule has 2 heterocycles. The van der Waals surface area contributed by atoms with Gasteiger partial charge in [-0.15, -0.1) is 10.2 Å². The molecule has 3 N–H and O–H groups in total. The van der Waals surface area contributed by atoms with E-state index in [-0.39, 0.29) is 19.0 Å². The number of rotatable bonds is 5. The van der Waals surface area contributed by atoms with E-state index in [0.29, 0.717) is 5.69 Å². The third-order valence-electron chi connectivity index (χ3n) is 2.02. The summed E-state index contributed by atoms with van der Waals surface area (Å²) >= 11 is 0. The average Bonchev–Trinajstić information content (AvgIpc) is 2.84. The van der Waals surface area contributed by atoms with E-state index in [0.717, 1.165) is 4.68 Å². The van der Waals surface area contributed by atoms with E-state index in [1.165, 1.54) is 18.6 Å². The van der Waals surface area contributed by atoms with Crippen LogP contribution in [0.3, 0.4) is 0 Å². The van der Waals surface area contributed by atoms with Crippen LogP contribution in [0.1, 0.15) is 5.69 Å². The molecule has 104 valence electrons. The fraction of sp³-hybridized carbons (Fsp3) is 0.222. The molecule has 11 heteroatoms. The SMILES string of the molecule is O=C(O)Cn1cc(CNC(=O)Nc2nccnn2)nn1. The molecule has 0 atom stereocenters. The van der Waals surface area contributed by atoms with Crippen LogP contribution in [0.2, 0.25) is 0 Å². The Morgan fingerprint density at radius 3 is 2.85 bits per heavy atom. The van der Waals surface area contributed by atoms with Gasteiger partial charge in [0.2, 0.25) is 0 Å². The molecule has 2 rings (SSSR count). The molecule has 0 spiro atoms. The molecule has 2 aromatic rings. The van der Waals surface area contributed by atoms with E-state index in [1.54, 1.807) is 0 Å². The van der Waals surface area contributed by atoms with Gasteiger partial charge in [0, 0.05) is 0 Å². The van der Waals surface area contributed by atoms with Crippen LogP contribution in [0.5, 0.6) is 0 Å². The Labute approximate surface area is 112 Å². The summed E-state index contributed by atoms with van der Waals surface area (Å²) in [5.74, 6) is -0.958. The minimum Gasteiger partial charge on any atom is -0.480 e. The molecule has 0 aliphatic heterocycles. The van der Waals surface area contributed by atoms with Crippen molar-refractivity contribution in [1.29, 1.82) is 0 Å². The third kappa shape index (κ3) is 3.97. The van der Waals surface area contributed by atoms with Gasteiger partial charge in [0.25, 0.3) is 5.95 Å². The van der Waals surface area contributed by atoms with Crippen molar-refractivity contribution in [2.24, 2.45) is 0 Å². The van der Waals surface area contributed by atoms with Crippen LogP contribution in [0.15, 0.2) is 18.6 Å². The van der Waals surface area contributed by atoms with Crippen LogP contribution >= 0.6 is 0 Å². The highest BCUT2D eigenvalue weighted by molar-refractivity contribution is 5.87. The molecule has 0 saturated heterocycles. The predicted molar refractivity (Wildman–Crippen MR) is 63.3 cm³/mol. The summed E-state index contributed by atoms with van der Waals surface area (Å²) in [4.78, 5) is 25.7. The van der Waals surface area contributed by atoms with E-state index in [4.69, 9.17) is 5.11 Å². The molecule has 0 unspecified atom stereocenters. The number of carbonyl (C=O) groups is 2. The highest BCUT2D eigenvalue weighted by Crippen LogP contribution is 1.94. The Balaban J connectivity index is 1.81. The second kappa shape index (κ2) is 6.17. The van der Waals surface area contributed by atoms with Crippen molar-refractivity contribution < 1.29 is 14.7 Å². The van der Waals surface area contributed by atoms with Crippen molar-refractivity contribution >= 4 is 17.9 Å². The van der Waals surface area contributed by atoms with E-state index in [1.807, 2.05) is 0 Å². The fourth-order valence-corrected chi connectivity index (χ4v) is 1.26. The number of hydrogen-bond donors (Lipinski definition) is 3. The van der Waals surface area contributed by atoms with Gasteiger partial charge in [-0.3, -0.25) is 10.1 Å². The van der Waals surface area contributed by atoms with Crippen molar-refractivity contribution in [3.63, 3.8) is 0 Å². The average molecular weight is 278 g/mol. The maximum absolute atomic E-state index is 11.5. The minimum absolute atomic E-state index is 0.0690. The summed E-state index contributed by atoms with van der Waals surface area (Å²) in [6.07, 6.45) is 4.19. The van der Waals surface area contributed by atoms with Gasteiger partial charge in [-0.1, -0.05) is 5.21 Å². The molecule has 0 saturated carbocycles. The van der Waals surface area contributed by atoms with Crippen LogP contribution in [0.25, 0.3) is 0 Å². The Morgan fingerprint density at radius 2 is 2.15 bits per heavy atom. The zero-order valence-corrected chi connectivity index (χ0v) is 10.1. The van der Waals surface area contributed by atoms with Crippen LogP contribution in [-0.4, -0.2) is 47.3 Å². The van der Waals surface area contributed by atoms with Crippen molar-refractivity contribution in [1.82, 2.24) is 35.5 Å². The largest absolute Gasteiger partial charge is 0.480 e. The molecule has 0 fully saturated rings. The lowest BCUT2D eigenvalue weighted by Gasteiger charge is -2.03. The number of nitrogens with zero attached hydrogens (tertiary/aromatic N) is 6. The lowest BCUT2D eigenvalue weighted by molar-refractivity contribution is -0.137. The molecule has 2 amide bonds. The van der Waals surface area contributed by atoms with Crippen LogP contribution in [-0.2, 0) is 17.9 Å². The van der Waals surface area contributed by atoms with Gasteiger partial charge in [0.1, 0.15) is 12.2 Å². The van der Waals surface area contributed by atoms with Gasteiger partial charge in [0.05, 0.1) is 25.1 Å². The van der Waals surface area contributed by atoms with Crippen molar-refractivity contribution in [2.75, 3.05) is 5.32 Å². The Hall–Kier alpha value is -3.11. The second-order valence-corrected chi connectivity index (χ2v) is 3.58. The summed E-state index contributed by atoms with van der Waals surface area (Å²) in [6.45, 7) is -0.200. The molecular weight excluding hydrogens is 268 g/mol. The van der Waals surface area contributed by atoms with E-state index in [9.17, 15) is 9.59 Å². The van der Waals surface area contributed by atoms with Gasteiger partial charge in [0.15, 0.2) is 0 Å². The Morgan fingerprint density at radius 1 is 1.30 bits per heavy atom. The zero-order chi connectivity index (χ0) is 14.4. The van der Waals surface area contributed by atoms with Gasteiger partial charge in [-0.25, -0.2) is 14.5 Å². The molecule has 0 radical (unpaired) electrons. The van der Waals surface area contributed by atoms with Crippen molar-refractivity contribution in [3.8, 4) is 0 Å². The Kier molecular flexibility index (Phi) is 4.11. The Bertz CT molecular complexity index is 598. The third-order valence-corrected chi connectivity index (χ3v) is 2.02. The molecule has 0 aliphatic rings. The maximum Gasteiger partial charge on any atom is 0.325 e. The van der Waals surface area contributed by atoms with Gasteiger partial charge in [-0.2, -0.15) is 5.10 Å². The summed E-state index contributed by atoms with van der Waals surface area (Å²) < 4.78 is 1.15. The molecule has 0 aliphatic carbocycles. The molecular formula is C9H10N8O3. The van der Waals surface area contributed by atoms with Gasteiger partial charge < -0.3 is 10.4 Å². The predicted octanol–water partition coefficient (Wildman–Crippen LogP) is -1.13. The number of anilines is 1. The standard InChI is InChI=1S/C9H10N8O3/c18-7(19)5-17-4-6(14-16-17)3-11-9(20)13-8-10-1-2-12-15-8/h1-2,4H,3,5H2,(H,18,19)(H2,10,11,13,15,20). The summed E-state index contributed by atoms with van der Waals surface area (Å²) in [5.41, 5.74) is 0.425. The van der Waals surface area contributed by atoms with Gasteiger partial charge in [-0.05, 0) is 0 Å². The quantitative estimate of drug-likeness (QED) is 0.622. The molecule has 20 heavy (non-hydrogen) atoms. The molecule has 0 aromatic carbocycles. The number of aromatic nitrogens is 6. The highest BCUT2D eigenvalue weighted by Gasteiger charge is 2.07.